The van der Waals surface area contributed by atoms with Crippen LogP contribution in [0.2, 0.25) is 0 Å². The summed E-state index contributed by atoms with van der Waals surface area (Å²) < 4.78 is 1.89. The van der Waals surface area contributed by atoms with Gasteiger partial charge in [-0.1, -0.05) is 19.3 Å². The van der Waals surface area contributed by atoms with Gasteiger partial charge in [-0.3, -0.25) is 4.79 Å². The Balaban J connectivity index is 0.00000110. The minimum atomic E-state index is -0.643. The molecule has 0 aromatic carbocycles. The number of carbonyl (C=O) groups is 1. The summed E-state index contributed by atoms with van der Waals surface area (Å²) in [6.45, 7) is 3.83. The molecule has 2 heterocycles. The molecule has 120 valence electrons. The van der Waals surface area contributed by atoms with Crippen molar-refractivity contribution in [3.05, 3.63) is 11.6 Å². The minimum Gasteiger partial charge on any atom is -0.332 e. The minimum absolute atomic E-state index is 0. The third-order valence-corrected chi connectivity index (χ3v) is 4.23. The van der Waals surface area contributed by atoms with E-state index in [0.29, 0.717) is 13.1 Å². The number of carbonyl (C=O) groups excluding carboxylic acids is 1. The van der Waals surface area contributed by atoms with E-state index in [9.17, 15) is 4.79 Å². The molecule has 8 heteroatoms. The van der Waals surface area contributed by atoms with Gasteiger partial charge in [-0.25, -0.2) is 9.67 Å². The Bertz CT molecular complexity index is 499. The van der Waals surface area contributed by atoms with Crippen molar-refractivity contribution in [3.63, 3.8) is 0 Å². The van der Waals surface area contributed by atoms with Gasteiger partial charge in [0.25, 0.3) is 0 Å². The maximum Gasteiger partial charge on any atom is 0.243 e. The largest absolute Gasteiger partial charge is 0.332 e. The van der Waals surface area contributed by atoms with Crippen LogP contribution in [-0.4, -0.2) is 37.7 Å². The normalized spacial score (nSPS) is 20.0. The molecule has 2 aliphatic rings. The number of fused-ring (bicyclic) bond motifs is 1. The standard InChI is InChI=1S/C13H21N5O.2ClH/c1-10-15-11-9-17(7-8-18(11)16-10)12(19)13(14)5-3-2-4-6-13;;/h2-9,14H2,1H3;2*1H. The summed E-state index contributed by atoms with van der Waals surface area (Å²) in [6.07, 6.45) is 4.94. The van der Waals surface area contributed by atoms with Gasteiger partial charge in [0.05, 0.1) is 18.6 Å². The van der Waals surface area contributed by atoms with Crippen LogP contribution < -0.4 is 5.73 Å². The van der Waals surface area contributed by atoms with E-state index in [4.69, 9.17) is 5.73 Å². The van der Waals surface area contributed by atoms with Gasteiger partial charge < -0.3 is 10.6 Å². The van der Waals surface area contributed by atoms with E-state index in [1.54, 1.807) is 0 Å². The van der Waals surface area contributed by atoms with E-state index < -0.39 is 5.54 Å². The summed E-state index contributed by atoms with van der Waals surface area (Å²) >= 11 is 0. The van der Waals surface area contributed by atoms with Gasteiger partial charge in [0.1, 0.15) is 11.6 Å². The van der Waals surface area contributed by atoms with E-state index in [1.165, 1.54) is 6.42 Å². The molecule has 0 bridgehead atoms. The molecule has 21 heavy (non-hydrogen) atoms. The van der Waals surface area contributed by atoms with Gasteiger partial charge >= 0.3 is 0 Å². The zero-order valence-electron chi connectivity index (χ0n) is 12.2. The van der Waals surface area contributed by atoms with E-state index >= 15 is 0 Å². The average molecular weight is 336 g/mol. The number of amides is 1. The molecule has 0 radical (unpaired) electrons. The van der Waals surface area contributed by atoms with Crippen LogP contribution in [0.5, 0.6) is 0 Å². The maximum absolute atomic E-state index is 12.6. The zero-order chi connectivity index (χ0) is 13.5. The molecule has 0 unspecified atom stereocenters. The molecule has 0 spiro atoms. The van der Waals surface area contributed by atoms with Crippen molar-refractivity contribution in [1.82, 2.24) is 19.7 Å². The average Bonchev–Trinajstić information content (AvgIpc) is 2.77. The van der Waals surface area contributed by atoms with Crippen LogP contribution in [0.3, 0.4) is 0 Å². The summed E-state index contributed by atoms with van der Waals surface area (Å²) in [6, 6.07) is 0. The summed E-state index contributed by atoms with van der Waals surface area (Å²) in [5.74, 6) is 1.74. The molecule has 3 rings (SSSR count). The van der Waals surface area contributed by atoms with Crippen LogP contribution >= 0.6 is 24.8 Å². The molecule has 0 atom stereocenters. The highest BCUT2D eigenvalue weighted by Crippen LogP contribution is 2.28. The lowest BCUT2D eigenvalue weighted by Crippen LogP contribution is -2.57. The van der Waals surface area contributed by atoms with Crippen molar-refractivity contribution in [3.8, 4) is 0 Å². The van der Waals surface area contributed by atoms with Gasteiger partial charge in [0.2, 0.25) is 5.91 Å². The number of nitrogens with zero attached hydrogens (tertiary/aromatic N) is 4. The Labute approximate surface area is 137 Å². The summed E-state index contributed by atoms with van der Waals surface area (Å²) in [7, 11) is 0. The fraction of sp³-hybridized carbons (Fsp3) is 0.769. The molecule has 1 aromatic heterocycles. The van der Waals surface area contributed by atoms with Crippen molar-refractivity contribution in [2.45, 2.75) is 57.7 Å². The van der Waals surface area contributed by atoms with Gasteiger partial charge in [-0.05, 0) is 19.8 Å². The van der Waals surface area contributed by atoms with E-state index in [0.717, 1.165) is 43.9 Å². The first-order chi connectivity index (χ1) is 9.08. The fourth-order valence-electron chi connectivity index (χ4n) is 3.15. The van der Waals surface area contributed by atoms with Gasteiger partial charge in [0, 0.05) is 6.54 Å². The predicted molar refractivity (Wildman–Crippen MR) is 84.7 cm³/mol. The van der Waals surface area contributed by atoms with E-state index in [2.05, 4.69) is 10.1 Å². The number of halogens is 2. The second-order valence-electron chi connectivity index (χ2n) is 5.74. The van der Waals surface area contributed by atoms with E-state index in [1.807, 2.05) is 16.5 Å². The SMILES string of the molecule is Cc1nc2n(n1)CCN(C(=O)C1(N)CCCCC1)C2.Cl.Cl. The summed E-state index contributed by atoms with van der Waals surface area (Å²) in [4.78, 5) is 18.9. The van der Waals surface area contributed by atoms with Crippen molar-refractivity contribution in [1.29, 1.82) is 0 Å². The molecular weight excluding hydrogens is 313 g/mol. The lowest BCUT2D eigenvalue weighted by molar-refractivity contribution is -0.139. The second kappa shape index (κ2) is 6.94. The molecule has 1 saturated carbocycles. The molecule has 2 N–H and O–H groups in total. The van der Waals surface area contributed by atoms with Crippen molar-refractivity contribution >= 4 is 30.7 Å². The molecule has 1 aliphatic carbocycles. The molecule has 1 aliphatic heterocycles. The smallest absolute Gasteiger partial charge is 0.243 e. The highest BCUT2D eigenvalue weighted by molar-refractivity contribution is 5.86. The van der Waals surface area contributed by atoms with Gasteiger partial charge in [-0.15, -0.1) is 24.8 Å². The van der Waals surface area contributed by atoms with Crippen molar-refractivity contribution in [2.24, 2.45) is 5.73 Å². The Kier molecular flexibility index (Phi) is 6.01. The highest BCUT2D eigenvalue weighted by atomic mass is 35.5. The van der Waals surface area contributed by atoms with E-state index in [-0.39, 0.29) is 30.7 Å². The number of hydrogen-bond acceptors (Lipinski definition) is 4. The molecule has 1 amide bonds. The van der Waals surface area contributed by atoms with Crippen LogP contribution in [0, 0.1) is 6.92 Å². The Morgan fingerprint density at radius 2 is 1.86 bits per heavy atom. The van der Waals surface area contributed by atoms with Gasteiger partial charge in [-0.2, -0.15) is 5.10 Å². The first-order valence-corrected chi connectivity index (χ1v) is 7.07. The fourth-order valence-corrected chi connectivity index (χ4v) is 3.15. The lowest BCUT2D eigenvalue weighted by Gasteiger charge is -2.38. The molecule has 0 saturated heterocycles. The second-order valence-corrected chi connectivity index (χ2v) is 5.74. The molecule has 1 fully saturated rings. The topological polar surface area (TPSA) is 77.0 Å². The maximum atomic E-state index is 12.6. The Morgan fingerprint density at radius 3 is 2.52 bits per heavy atom. The number of aryl methyl sites for hydroxylation is 1. The predicted octanol–water partition coefficient (Wildman–Crippen LogP) is 1.43. The monoisotopic (exact) mass is 335 g/mol. The first kappa shape index (κ1) is 18.2. The quantitative estimate of drug-likeness (QED) is 0.842. The van der Waals surface area contributed by atoms with Crippen LogP contribution in [0.25, 0.3) is 0 Å². The number of aromatic nitrogens is 3. The van der Waals surface area contributed by atoms with Crippen LogP contribution in [0.15, 0.2) is 0 Å². The Hall–Kier alpha value is -0.850. The zero-order valence-corrected chi connectivity index (χ0v) is 13.9. The first-order valence-electron chi connectivity index (χ1n) is 7.07. The summed E-state index contributed by atoms with van der Waals surface area (Å²) in [5, 5.41) is 4.31. The Morgan fingerprint density at radius 1 is 1.19 bits per heavy atom. The lowest BCUT2D eigenvalue weighted by atomic mass is 9.81. The van der Waals surface area contributed by atoms with Crippen molar-refractivity contribution in [2.75, 3.05) is 6.54 Å². The highest BCUT2D eigenvalue weighted by Gasteiger charge is 2.39. The molecule has 6 nitrogen and oxygen atoms in total. The van der Waals surface area contributed by atoms with Crippen LogP contribution in [0.4, 0.5) is 0 Å². The molecular formula is C13H23Cl2N5O. The summed E-state index contributed by atoms with van der Waals surface area (Å²) in [5.41, 5.74) is 5.68. The number of rotatable bonds is 1. The van der Waals surface area contributed by atoms with Gasteiger partial charge in [0.15, 0.2) is 0 Å². The van der Waals surface area contributed by atoms with Crippen LogP contribution in [-0.2, 0) is 17.9 Å². The number of hydrogen-bond donors (Lipinski definition) is 1. The van der Waals surface area contributed by atoms with Crippen LogP contribution in [0.1, 0.15) is 43.8 Å². The molecule has 1 aromatic rings. The third kappa shape index (κ3) is 3.49. The van der Waals surface area contributed by atoms with Crippen molar-refractivity contribution < 1.29 is 4.79 Å². The third-order valence-electron chi connectivity index (χ3n) is 4.23. The number of nitrogens with two attached hydrogens (primary N) is 1.